The van der Waals surface area contributed by atoms with E-state index in [-0.39, 0.29) is 5.69 Å². The van der Waals surface area contributed by atoms with Crippen molar-refractivity contribution in [3.05, 3.63) is 52.9 Å². The lowest BCUT2D eigenvalue weighted by Gasteiger charge is -2.37. The maximum absolute atomic E-state index is 12.2. The van der Waals surface area contributed by atoms with Crippen LogP contribution in [0.3, 0.4) is 0 Å². The largest absolute Gasteiger partial charge is 0.494 e. The van der Waals surface area contributed by atoms with E-state index < -0.39 is 10.0 Å². The highest BCUT2D eigenvalue weighted by Crippen LogP contribution is 2.38. The number of halogens is 1. The van der Waals surface area contributed by atoms with E-state index >= 15 is 0 Å². The minimum absolute atomic E-state index is 0.272. The molecule has 0 unspecified atom stereocenters. The molecule has 0 atom stereocenters. The molecule has 1 fully saturated rings. The van der Waals surface area contributed by atoms with Crippen LogP contribution in [0.25, 0.3) is 11.0 Å². The number of piperidine rings is 1. The second kappa shape index (κ2) is 13.5. The first-order valence-electron chi connectivity index (χ1n) is 14.5. The topological polar surface area (TPSA) is 138 Å². The summed E-state index contributed by atoms with van der Waals surface area (Å²) in [6.07, 6.45) is 9.96. The van der Waals surface area contributed by atoms with Crippen molar-refractivity contribution in [3.63, 3.8) is 0 Å². The number of ether oxygens (including phenoxy) is 1. The zero-order valence-electron chi connectivity index (χ0n) is 25.6. The van der Waals surface area contributed by atoms with Gasteiger partial charge in [0.15, 0.2) is 0 Å². The lowest BCUT2D eigenvalue weighted by molar-refractivity contribution is 0.249. The molecule has 3 heterocycles. The Kier molecular flexibility index (Phi) is 9.71. The van der Waals surface area contributed by atoms with Crippen molar-refractivity contribution in [1.29, 1.82) is 0 Å². The zero-order chi connectivity index (χ0) is 31.4. The number of nitrogens with one attached hydrogen (secondary N) is 3. The van der Waals surface area contributed by atoms with Crippen LogP contribution in [0.1, 0.15) is 31.7 Å². The fraction of sp³-hybridized carbons (Fsp3) is 0.400. The van der Waals surface area contributed by atoms with E-state index in [1.807, 2.05) is 0 Å². The van der Waals surface area contributed by atoms with Crippen LogP contribution in [0.5, 0.6) is 5.75 Å². The van der Waals surface area contributed by atoms with E-state index in [0.717, 1.165) is 50.7 Å². The van der Waals surface area contributed by atoms with Gasteiger partial charge >= 0.3 is 0 Å². The third-order valence-electron chi connectivity index (χ3n) is 7.63. The van der Waals surface area contributed by atoms with E-state index in [9.17, 15) is 8.42 Å². The molecular formula is C30H38BrN9O3S. The Morgan fingerprint density at radius 1 is 1.07 bits per heavy atom. The van der Waals surface area contributed by atoms with Crippen LogP contribution in [0.4, 0.5) is 34.5 Å². The summed E-state index contributed by atoms with van der Waals surface area (Å²) in [5.41, 5.74) is 4.89. The van der Waals surface area contributed by atoms with Gasteiger partial charge in [0.05, 0.1) is 40.4 Å². The van der Waals surface area contributed by atoms with Crippen molar-refractivity contribution in [2.24, 2.45) is 0 Å². The average Bonchev–Trinajstić information content (AvgIpc) is 2.99. The van der Waals surface area contributed by atoms with Crippen LogP contribution in [0.2, 0.25) is 0 Å². The summed E-state index contributed by atoms with van der Waals surface area (Å²) in [6.45, 7) is 4.17. The van der Waals surface area contributed by atoms with Gasteiger partial charge < -0.3 is 25.2 Å². The Balaban J connectivity index is 1.45. The van der Waals surface area contributed by atoms with Gasteiger partial charge in [-0.05, 0) is 73.1 Å². The van der Waals surface area contributed by atoms with Crippen molar-refractivity contribution in [2.75, 3.05) is 60.8 Å². The van der Waals surface area contributed by atoms with Crippen LogP contribution in [0, 0.1) is 0 Å². The Labute approximate surface area is 266 Å². The monoisotopic (exact) mass is 683 g/mol. The molecule has 234 valence electrons. The number of aryl methyl sites for hydroxylation is 1. The summed E-state index contributed by atoms with van der Waals surface area (Å²) in [4.78, 5) is 22.6. The first-order valence-corrected chi connectivity index (χ1v) is 17.1. The predicted octanol–water partition coefficient (Wildman–Crippen LogP) is 5.53. The van der Waals surface area contributed by atoms with E-state index in [1.165, 1.54) is 17.4 Å². The third kappa shape index (κ3) is 7.30. The SMILES string of the molecule is CCCc1cc(Nc2ncc(Br)c(Nc3ccc4nccnc4c3NS(C)(=O)=O)n2)c(OC)cc1N1CCC(N(C)C)CC1. The molecule has 0 bridgehead atoms. The smallest absolute Gasteiger partial charge is 0.229 e. The van der Waals surface area contributed by atoms with Crippen molar-refractivity contribution >= 4 is 71.5 Å². The first-order chi connectivity index (χ1) is 21.1. The van der Waals surface area contributed by atoms with E-state index in [1.54, 1.807) is 31.6 Å². The summed E-state index contributed by atoms with van der Waals surface area (Å²) in [7, 11) is 2.36. The quantitative estimate of drug-likeness (QED) is 0.184. The van der Waals surface area contributed by atoms with Gasteiger partial charge in [0.25, 0.3) is 0 Å². The number of benzene rings is 2. The summed E-state index contributed by atoms with van der Waals surface area (Å²) >= 11 is 3.52. The summed E-state index contributed by atoms with van der Waals surface area (Å²) in [5, 5.41) is 6.57. The standard InChI is InChI=1S/C30H38BrN9O3S/c1-6-7-19-16-24(26(43-4)17-25(19)40-14-10-20(11-15-40)39(2)3)36-30-34-18-21(31)29(37-30)35-23-9-8-22-27(33-13-12-32-22)28(23)38-44(5,41)42/h8-9,12-13,16-18,20,38H,6-7,10-11,14-15H2,1-5H3,(H2,34,35,36,37). The van der Waals surface area contributed by atoms with Gasteiger partial charge in [0.1, 0.15) is 17.1 Å². The number of nitrogens with zero attached hydrogens (tertiary/aromatic N) is 6. The highest BCUT2D eigenvalue weighted by atomic mass is 79.9. The minimum atomic E-state index is -3.61. The molecule has 14 heteroatoms. The molecule has 5 rings (SSSR count). The molecule has 0 saturated carbocycles. The summed E-state index contributed by atoms with van der Waals surface area (Å²) in [5.74, 6) is 1.47. The fourth-order valence-electron chi connectivity index (χ4n) is 5.46. The number of hydrogen-bond acceptors (Lipinski definition) is 11. The number of sulfonamides is 1. The molecule has 4 aromatic rings. The zero-order valence-corrected chi connectivity index (χ0v) is 28.0. The van der Waals surface area contributed by atoms with Gasteiger partial charge in [0, 0.05) is 49.5 Å². The van der Waals surface area contributed by atoms with Crippen molar-refractivity contribution in [3.8, 4) is 5.75 Å². The van der Waals surface area contributed by atoms with Crippen molar-refractivity contribution in [1.82, 2.24) is 24.8 Å². The Morgan fingerprint density at radius 3 is 2.50 bits per heavy atom. The predicted molar refractivity (Wildman–Crippen MR) is 180 cm³/mol. The first kappa shape index (κ1) is 31.7. The number of fused-ring (bicyclic) bond motifs is 1. The number of anilines is 6. The molecule has 1 aliphatic rings. The Bertz CT molecular complexity index is 1750. The van der Waals surface area contributed by atoms with E-state index in [0.29, 0.717) is 44.8 Å². The average molecular weight is 685 g/mol. The maximum atomic E-state index is 12.2. The molecule has 1 saturated heterocycles. The third-order valence-corrected chi connectivity index (χ3v) is 8.78. The number of rotatable bonds is 11. The molecule has 0 amide bonds. The van der Waals surface area contributed by atoms with Crippen LogP contribution in [-0.4, -0.2) is 79.8 Å². The van der Waals surface area contributed by atoms with Gasteiger partial charge in [-0.2, -0.15) is 4.98 Å². The maximum Gasteiger partial charge on any atom is 0.229 e. The number of methoxy groups -OCH3 is 1. The lowest BCUT2D eigenvalue weighted by atomic mass is 10.00. The van der Waals surface area contributed by atoms with E-state index in [4.69, 9.17) is 9.72 Å². The molecule has 44 heavy (non-hydrogen) atoms. The molecule has 3 N–H and O–H groups in total. The number of aromatic nitrogens is 4. The number of hydrogen-bond donors (Lipinski definition) is 3. The second-order valence-electron chi connectivity index (χ2n) is 11.0. The van der Waals surface area contributed by atoms with Crippen LogP contribution >= 0.6 is 15.9 Å². The minimum Gasteiger partial charge on any atom is -0.494 e. The highest BCUT2D eigenvalue weighted by Gasteiger charge is 2.24. The van der Waals surface area contributed by atoms with Gasteiger partial charge in [-0.25, -0.2) is 13.4 Å². The van der Waals surface area contributed by atoms with Gasteiger partial charge in [-0.15, -0.1) is 0 Å². The van der Waals surface area contributed by atoms with Crippen LogP contribution in [0.15, 0.2) is 47.3 Å². The van der Waals surface area contributed by atoms with Crippen molar-refractivity contribution < 1.29 is 13.2 Å². The van der Waals surface area contributed by atoms with Gasteiger partial charge in [-0.1, -0.05) is 13.3 Å². The molecular weight excluding hydrogens is 646 g/mol. The molecule has 1 aliphatic heterocycles. The normalized spacial score (nSPS) is 14.2. The molecule has 0 radical (unpaired) electrons. The van der Waals surface area contributed by atoms with Gasteiger partial charge in [0.2, 0.25) is 16.0 Å². The van der Waals surface area contributed by atoms with Crippen molar-refractivity contribution in [2.45, 2.75) is 38.6 Å². The molecule has 12 nitrogen and oxygen atoms in total. The Hall–Kier alpha value is -3.75. The highest BCUT2D eigenvalue weighted by molar-refractivity contribution is 9.10. The molecule has 0 aliphatic carbocycles. The fourth-order valence-corrected chi connectivity index (χ4v) is 6.33. The lowest BCUT2D eigenvalue weighted by Crippen LogP contribution is -2.42. The second-order valence-corrected chi connectivity index (χ2v) is 13.6. The molecule has 0 spiro atoms. The summed E-state index contributed by atoms with van der Waals surface area (Å²) < 4.78 is 33.4. The molecule has 2 aromatic heterocycles. The Morgan fingerprint density at radius 2 is 1.82 bits per heavy atom. The summed E-state index contributed by atoms with van der Waals surface area (Å²) in [6, 6.07) is 8.33. The van der Waals surface area contributed by atoms with Crippen LogP contribution in [-0.2, 0) is 16.4 Å². The van der Waals surface area contributed by atoms with Gasteiger partial charge in [-0.3, -0.25) is 14.7 Å². The molecule has 2 aromatic carbocycles. The van der Waals surface area contributed by atoms with Crippen LogP contribution < -0.4 is 25.0 Å². The van der Waals surface area contributed by atoms with E-state index in [2.05, 4.69) is 89.2 Å².